The number of aromatic nitrogens is 2. The average molecular weight is 380 g/mol. The summed E-state index contributed by atoms with van der Waals surface area (Å²) in [6.07, 6.45) is 8.75. The number of carbonyl (C=O) groups excluding carboxylic acids is 1. The average Bonchev–Trinajstić information content (AvgIpc) is 2.69. The molecule has 0 saturated carbocycles. The van der Waals surface area contributed by atoms with Crippen molar-refractivity contribution in [1.29, 1.82) is 5.26 Å². The van der Waals surface area contributed by atoms with Crippen LogP contribution in [0.4, 0.5) is 0 Å². The fourth-order valence-corrected chi connectivity index (χ4v) is 3.09. The maximum Gasteiger partial charge on any atom is 0.331 e. The fourth-order valence-electron chi connectivity index (χ4n) is 3.09. The van der Waals surface area contributed by atoms with Crippen LogP contribution in [0, 0.1) is 22.7 Å². The summed E-state index contributed by atoms with van der Waals surface area (Å²) in [7, 11) is 0. The summed E-state index contributed by atoms with van der Waals surface area (Å²) < 4.78 is 5.43. The van der Waals surface area contributed by atoms with Crippen molar-refractivity contribution < 1.29 is 9.53 Å². The summed E-state index contributed by atoms with van der Waals surface area (Å²) in [5.41, 5.74) is 0.845. The number of nitrogens with zero attached hydrogens (tertiary/aromatic N) is 3. The Morgan fingerprint density at radius 3 is 2.36 bits per heavy atom. The second-order valence-electron chi connectivity index (χ2n) is 7.83. The molecule has 1 heterocycles. The van der Waals surface area contributed by atoms with Gasteiger partial charge in [0.25, 0.3) is 0 Å². The molecule has 2 rings (SSSR count). The summed E-state index contributed by atoms with van der Waals surface area (Å²) in [6.45, 7) is 7.77. The first-order valence-corrected chi connectivity index (χ1v) is 9.93. The van der Waals surface area contributed by atoms with E-state index in [1.165, 1.54) is 12.8 Å². The molecule has 148 valence electrons. The van der Waals surface area contributed by atoms with E-state index in [0.717, 1.165) is 24.0 Å². The van der Waals surface area contributed by atoms with Crippen LogP contribution in [0.3, 0.4) is 0 Å². The molecule has 0 amide bonds. The zero-order valence-corrected chi connectivity index (χ0v) is 17.2. The van der Waals surface area contributed by atoms with Crippen molar-refractivity contribution in [3.63, 3.8) is 0 Å². The molecule has 0 bridgehead atoms. The highest BCUT2D eigenvalue weighted by Crippen LogP contribution is 2.28. The quantitative estimate of drug-likeness (QED) is 0.333. The third-order valence-electron chi connectivity index (χ3n) is 4.61. The molecular formula is C23H29N3O2. The lowest BCUT2D eigenvalue weighted by atomic mass is 9.83. The molecule has 1 atom stereocenters. The number of carbonyl (C=O) groups is 1. The third-order valence-corrected chi connectivity index (χ3v) is 4.61. The monoisotopic (exact) mass is 379 g/mol. The first kappa shape index (κ1) is 21.6. The van der Waals surface area contributed by atoms with Gasteiger partial charge < -0.3 is 4.74 Å². The van der Waals surface area contributed by atoms with E-state index < -0.39 is 11.4 Å². The predicted octanol–water partition coefficient (Wildman–Crippen LogP) is 5.36. The Bertz CT molecular complexity index is 807. The largest absolute Gasteiger partial charge is 0.425 e. The standard InChI is InChI=1S/C23H29N3O2/c1-5-6-7-8-18-14-25-21(26-15-18)19-9-11-20(12-10-19)28-22(27)23(4,16-24)13-17(2)3/h9-12,14-15,17H,5-8,13H2,1-4H3. The molecule has 0 saturated heterocycles. The zero-order chi connectivity index (χ0) is 20.6. The smallest absolute Gasteiger partial charge is 0.331 e. The van der Waals surface area contributed by atoms with Crippen LogP contribution in [0.15, 0.2) is 36.7 Å². The van der Waals surface area contributed by atoms with Gasteiger partial charge in [0.1, 0.15) is 5.75 Å². The van der Waals surface area contributed by atoms with Crippen LogP contribution in [-0.2, 0) is 11.2 Å². The molecule has 5 nitrogen and oxygen atoms in total. The molecule has 0 aliphatic heterocycles. The Balaban J connectivity index is 2.03. The number of hydrogen-bond donors (Lipinski definition) is 0. The highest BCUT2D eigenvalue weighted by atomic mass is 16.5. The summed E-state index contributed by atoms with van der Waals surface area (Å²) in [6, 6.07) is 9.15. The molecule has 0 spiro atoms. The van der Waals surface area contributed by atoms with Gasteiger partial charge in [0.05, 0.1) is 6.07 Å². The number of ether oxygens (including phenoxy) is 1. The van der Waals surface area contributed by atoms with E-state index >= 15 is 0 Å². The minimum Gasteiger partial charge on any atom is -0.425 e. The molecule has 0 N–H and O–H groups in total. The van der Waals surface area contributed by atoms with Crippen molar-refractivity contribution in [3.05, 3.63) is 42.2 Å². The molecule has 2 aromatic rings. The number of unbranched alkanes of at least 4 members (excludes halogenated alkanes) is 2. The van der Waals surface area contributed by atoms with Gasteiger partial charge in [-0.3, -0.25) is 0 Å². The van der Waals surface area contributed by atoms with Gasteiger partial charge >= 0.3 is 5.97 Å². The van der Waals surface area contributed by atoms with Crippen molar-refractivity contribution in [1.82, 2.24) is 9.97 Å². The van der Waals surface area contributed by atoms with Gasteiger partial charge in [-0.15, -0.1) is 0 Å². The molecule has 28 heavy (non-hydrogen) atoms. The topological polar surface area (TPSA) is 75.9 Å². The van der Waals surface area contributed by atoms with Crippen LogP contribution in [0.25, 0.3) is 11.4 Å². The van der Waals surface area contributed by atoms with Crippen molar-refractivity contribution >= 4 is 5.97 Å². The van der Waals surface area contributed by atoms with E-state index in [4.69, 9.17) is 4.74 Å². The number of hydrogen-bond acceptors (Lipinski definition) is 5. The van der Waals surface area contributed by atoms with E-state index in [1.807, 2.05) is 38.4 Å². The van der Waals surface area contributed by atoms with Gasteiger partial charge in [-0.25, -0.2) is 14.8 Å². The van der Waals surface area contributed by atoms with Gasteiger partial charge in [0.15, 0.2) is 11.2 Å². The highest BCUT2D eigenvalue weighted by Gasteiger charge is 2.36. The van der Waals surface area contributed by atoms with E-state index in [2.05, 4.69) is 23.0 Å². The minimum atomic E-state index is -1.15. The predicted molar refractivity (Wildman–Crippen MR) is 110 cm³/mol. The second-order valence-corrected chi connectivity index (χ2v) is 7.83. The normalized spacial score (nSPS) is 13.0. The molecular weight excluding hydrogens is 350 g/mol. The molecule has 1 unspecified atom stereocenters. The summed E-state index contributed by atoms with van der Waals surface area (Å²) in [5.74, 6) is 0.750. The number of benzene rings is 1. The minimum absolute atomic E-state index is 0.224. The highest BCUT2D eigenvalue weighted by molar-refractivity contribution is 5.81. The molecule has 0 aliphatic rings. The van der Waals surface area contributed by atoms with Crippen molar-refractivity contribution in [2.75, 3.05) is 0 Å². The van der Waals surface area contributed by atoms with Crippen LogP contribution in [0.5, 0.6) is 5.75 Å². The first-order chi connectivity index (χ1) is 13.4. The number of nitriles is 1. The van der Waals surface area contributed by atoms with Crippen molar-refractivity contribution in [2.45, 2.75) is 59.8 Å². The van der Waals surface area contributed by atoms with Gasteiger partial charge in [-0.05, 0) is 61.9 Å². The molecule has 0 radical (unpaired) electrons. The van der Waals surface area contributed by atoms with E-state index in [0.29, 0.717) is 18.0 Å². The van der Waals surface area contributed by atoms with E-state index in [-0.39, 0.29) is 5.92 Å². The molecule has 1 aromatic heterocycles. The Morgan fingerprint density at radius 1 is 1.18 bits per heavy atom. The zero-order valence-electron chi connectivity index (χ0n) is 17.2. The Kier molecular flexibility index (Phi) is 7.69. The van der Waals surface area contributed by atoms with Crippen LogP contribution < -0.4 is 4.74 Å². The number of rotatable bonds is 9. The Morgan fingerprint density at radius 2 is 1.82 bits per heavy atom. The van der Waals surface area contributed by atoms with Crippen LogP contribution in [0.2, 0.25) is 0 Å². The van der Waals surface area contributed by atoms with Crippen molar-refractivity contribution in [2.24, 2.45) is 11.3 Å². The maximum atomic E-state index is 12.4. The lowest BCUT2D eigenvalue weighted by Crippen LogP contribution is -2.32. The van der Waals surface area contributed by atoms with Crippen LogP contribution in [-0.4, -0.2) is 15.9 Å². The summed E-state index contributed by atoms with van der Waals surface area (Å²) in [5, 5.41) is 9.40. The third kappa shape index (κ3) is 5.88. The Hall–Kier alpha value is -2.74. The lowest BCUT2D eigenvalue weighted by Gasteiger charge is -2.21. The first-order valence-electron chi connectivity index (χ1n) is 9.93. The van der Waals surface area contributed by atoms with Gasteiger partial charge in [0, 0.05) is 18.0 Å². The second kappa shape index (κ2) is 9.98. The van der Waals surface area contributed by atoms with E-state index in [1.54, 1.807) is 19.1 Å². The number of esters is 1. The van der Waals surface area contributed by atoms with Crippen LogP contribution in [0.1, 0.15) is 58.9 Å². The van der Waals surface area contributed by atoms with Gasteiger partial charge in [-0.1, -0.05) is 33.6 Å². The lowest BCUT2D eigenvalue weighted by molar-refractivity contribution is -0.142. The molecule has 0 aliphatic carbocycles. The summed E-state index contributed by atoms with van der Waals surface area (Å²) >= 11 is 0. The molecule has 0 fully saturated rings. The number of aryl methyl sites for hydroxylation is 1. The van der Waals surface area contributed by atoms with Gasteiger partial charge in [0.2, 0.25) is 0 Å². The molecule has 1 aromatic carbocycles. The Labute approximate surface area is 167 Å². The maximum absolute atomic E-state index is 12.4. The fraction of sp³-hybridized carbons (Fsp3) is 0.478. The van der Waals surface area contributed by atoms with Crippen molar-refractivity contribution in [3.8, 4) is 23.2 Å². The SMILES string of the molecule is CCCCCc1cnc(-c2ccc(OC(=O)C(C)(C#N)CC(C)C)cc2)nc1. The summed E-state index contributed by atoms with van der Waals surface area (Å²) in [4.78, 5) is 21.3. The molecule has 5 heteroatoms. The van der Waals surface area contributed by atoms with E-state index in [9.17, 15) is 10.1 Å². The van der Waals surface area contributed by atoms with Crippen LogP contribution >= 0.6 is 0 Å². The van der Waals surface area contributed by atoms with Gasteiger partial charge in [-0.2, -0.15) is 5.26 Å².